The molecule has 0 aliphatic carbocycles. The lowest BCUT2D eigenvalue weighted by Gasteiger charge is -2.23. The van der Waals surface area contributed by atoms with Gasteiger partial charge < -0.3 is 10.4 Å². The molecule has 0 saturated carbocycles. The van der Waals surface area contributed by atoms with Crippen LogP contribution < -0.4 is 5.32 Å². The standard InChI is InChI=1S/C11H18N2O3S2/c14-7-6-13(9-10-3-1-5-12-10)18(15,16)11-4-2-8-17-11/h2,4,8,10,12,14H,1,3,5-7,9H2. The normalized spacial score (nSPS) is 20.7. The molecule has 0 radical (unpaired) electrons. The molecule has 1 atom stereocenters. The highest BCUT2D eigenvalue weighted by atomic mass is 32.2. The first-order valence-electron chi connectivity index (χ1n) is 6.02. The smallest absolute Gasteiger partial charge is 0.252 e. The predicted molar refractivity (Wildman–Crippen MR) is 71.2 cm³/mol. The topological polar surface area (TPSA) is 69.6 Å². The fraction of sp³-hybridized carbons (Fsp3) is 0.636. The highest BCUT2D eigenvalue weighted by molar-refractivity contribution is 7.91. The second kappa shape index (κ2) is 6.12. The molecule has 1 unspecified atom stereocenters. The number of thiophene rings is 1. The number of sulfonamides is 1. The van der Waals surface area contributed by atoms with Gasteiger partial charge in [0.25, 0.3) is 10.0 Å². The maximum Gasteiger partial charge on any atom is 0.252 e. The van der Waals surface area contributed by atoms with Gasteiger partial charge in [-0.25, -0.2) is 8.42 Å². The van der Waals surface area contributed by atoms with E-state index in [4.69, 9.17) is 5.11 Å². The second-order valence-corrected chi connectivity index (χ2v) is 7.42. The third kappa shape index (κ3) is 3.10. The van der Waals surface area contributed by atoms with E-state index < -0.39 is 10.0 Å². The van der Waals surface area contributed by atoms with Crippen molar-refractivity contribution in [2.75, 3.05) is 26.2 Å². The van der Waals surface area contributed by atoms with E-state index in [0.717, 1.165) is 19.4 Å². The maximum absolute atomic E-state index is 12.4. The zero-order valence-corrected chi connectivity index (χ0v) is 11.7. The summed E-state index contributed by atoms with van der Waals surface area (Å²) >= 11 is 1.21. The Hall–Kier alpha value is -0.470. The number of hydrogen-bond donors (Lipinski definition) is 2. The number of aliphatic hydroxyl groups is 1. The van der Waals surface area contributed by atoms with E-state index in [0.29, 0.717) is 10.8 Å². The molecule has 102 valence electrons. The van der Waals surface area contributed by atoms with Crippen molar-refractivity contribution in [2.24, 2.45) is 0 Å². The van der Waals surface area contributed by atoms with Crippen molar-refractivity contribution in [3.05, 3.63) is 17.5 Å². The Balaban J connectivity index is 2.13. The monoisotopic (exact) mass is 290 g/mol. The first kappa shape index (κ1) is 14.0. The molecule has 1 fully saturated rings. The van der Waals surface area contributed by atoms with Gasteiger partial charge >= 0.3 is 0 Å². The molecule has 0 amide bonds. The largest absolute Gasteiger partial charge is 0.395 e. The van der Waals surface area contributed by atoms with E-state index in [1.807, 2.05) is 0 Å². The number of rotatable bonds is 6. The summed E-state index contributed by atoms with van der Waals surface area (Å²) in [5.74, 6) is 0. The van der Waals surface area contributed by atoms with Gasteiger partial charge in [-0.05, 0) is 30.8 Å². The summed E-state index contributed by atoms with van der Waals surface area (Å²) < 4.78 is 26.5. The molecule has 2 N–H and O–H groups in total. The number of hydrogen-bond acceptors (Lipinski definition) is 5. The number of aliphatic hydroxyl groups excluding tert-OH is 1. The molecule has 0 bridgehead atoms. The van der Waals surface area contributed by atoms with Gasteiger partial charge in [0, 0.05) is 19.1 Å². The summed E-state index contributed by atoms with van der Waals surface area (Å²) in [6, 6.07) is 3.53. The highest BCUT2D eigenvalue weighted by Gasteiger charge is 2.28. The van der Waals surface area contributed by atoms with Crippen LogP contribution in [0, 0.1) is 0 Å². The van der Waals surface area contributed by atoms with Gasteiger partial charge in [0.15, 0.2) is 0 Å². The van der Waals surface area contributed by atoms with Crippen LogP contribution in [0.2, 0.25) is 0 Å². The molecule has 1 saturated heterocycles. The SMILES string of the molecule is O=S(=O)(c1cccs1)N(CCO)CC1CCCN1. The van der Waals surface area contributed by atoms with Crippen LogP contribution in [-0.2, 0) is 10.0 Å². The number of nitrogens with one attached hydrogen (secondary N) is 1. The van der Waals surface area contributed by atoms with Gasteiger partial charge in [-0.3, -0.25) is 0 Å². The average molecular weight is 290 g/mol. The molecule has 1 aromatic heterocycles. The second-order valence-electron chi connectivity index (χ2n) is 4.31. The van der Waals surface area contributed by atoms with E-state index in [1.165, 1.54) is 15.6 Å². The molecule has 7 heteroatoms. The summed E-state index contributed by atoms with van der Waals surface area (Å²) in [6.45, 7) is 1.37. The van der Waals surface area contributed by atoms with Crippen LogP contribution in [0.4, 0.5) is 0 Å². The minimum absolute atomic E-state index is 0.151. The molecule has 2 heterocycles. The van der Waals surface area contributed by atoms with Gasteiger partial charge in [-0.2, -0.15) is 4.31 Å². The summed E-state index contributed by atoms with van der Waals surface area (Å²) in [7, 11) is -3.46. The van der Waals surface area contributed by atoms with Crippen LogP contribution in [0.5, 0.6) is 0 Å². The minimum Gasteiger partial charge on any atom is -0.395 e. The average Bonchev–Trinajstić information content (AvgIpc) is 3.01. The van der Waals surface area contributed by atoms with E-state index in [9.17, 15) is 8.42 Å². The Bertz CT molecular complexity index is 453. The Morgan fingerprint density at radius 2 is 2.39 bits per heavy atom. The Labute approximate surface area is 111 Å². The quantitative estimate of drug-likeness (QED) is 0.800. The van der Waals surface area contributed by atoms with Crippen molar-refractivity contribution in [1.29, 1.82) is 0 Å². The van der Waals surface area contributed by atoms with Crippen LogP contribution in [0.15, 0.2) is 21.7 Å². The van der Waals surface area contributed by atoms with Crippen molar-refractivity contribution in [3.63, 3.8) is 0 Å². The van der Waals surface area contributed by atoms with Crippen LogP contribution in [0.3, 0.4) is 0 Å². The third-order valence-corrected chi connectivity index (χ3v) is 6.26. The molecular formula is C11H18N2O3S2. The fourth-order valence-electron chi connectivity index (χ4n) is 2.12. The predicted octanol–water partition coefficient (Wildman–Crippen LogP) is 0.483. The van der Waals surface area contributed by atoms with Crippen molar-refractivity contribution < 1.29 is 13.5 Å². The molecule has 1 aromatic rings. The van der Waals surface area contributed by atoms with Crippen molar-refractivity contribution >= 4 is 21.4 Å². The molecule has 1 aliphatic heterocycles. The van der Waals surface area contributed by atoms with Gasteiger partial charge in [-0.1, -0.05) is 6.07 Å². The first-order chi connectivity index (χ1) is 8.64. The Morgan fingerprint density at radius 1 is 1.56 bits per heavy atom. The van der Waals surface area contributed by atoms with Crippen LogP contribution in [0.25, 0.3) is 0 Å². The minimum atomic E-state index is -3.46. The summed E-state index contributed by atoms with van der Waals surface area (Å²) in [5.41, 5.74) is 0. The van der Waals surface area contributed by atoms with Crippen LogP contribution in [-0.4, -0.2) is 50.1 Å². The molecule has 18 heavy (non-hydrogen) atoms. The molecule has 1 aliphatic rings. The third-order valence-electron chi connectivity index (χ3n) is 3.03. The van der Waals surface area contributed by atoms with Crippen LogP contribution in [0.1, 0.15) is 12.8 Å². The molecule has 0 spiro atoms. The lowest BCUT2D eigenvalue weighted by molar-refractivity contribution is 0.246. The van der Waals surface area contributed by atoms with Gasteiger partial charge in [-0.15, -0.1) is 11.3 Å². The zero-order chi connectivity index (χ0) is 13.0. The fourth-order valence-corrected chi connectivity index (χ4v) is 4.74. The van der Waals surface area contributed by atoms with Gasteiger partial charge in [0.05, 0.1) is 6.61 Å². The molecular weight excluding hydrogens is 272 g/mol. The van der Waals surface area contributed by atoms with Gasteiger partial charge in [0.1, 0.15) is 4.21 Å². The van der Waals surface area contributed by atoms with Crippen LogP contribution >= 0.6 is 11.3 Å². The summed E-state index contributed by atoms with van der Waals surface area (Å²) in [4.78, 5) is 0. The zero-order valence-electron chi connectivity index (χ0n) is 10.1. The number of nitrogens with zero attached hydrogens (tertiary/aromatic N) is 1. The Morgan fingerprint density at radius 3 is 2.94 bits per heavy atom. The Kier molecular flexibility index (Phi) is 4.74. The summed E-state index contributed by atoms with van der Waals surface area (Å²) in [6.07, 6.45) is 2.07. The lowest BCUT2D eigenvalue weighted by Crippen LogP contribution is -2.42. The molecule has 0 aromatic carbocycles. The van der Waals surface area contributed by atoms with E-state index >= 15 is 0 Å². The summed E-state index contributed by atoms with van der Waals surface area (Å²) in [5, 5.41) is 14.1. The first-order valence-corrected chi connectivity index (χ1v) is 8.34. The molecule has 5 nitrogen and oxygen atoms in total. The van der Waals surface area contributed by atoms with Crippen molar-refractivity contribution in [1.82, 2.24) is 9.62 Å². The van der Waals surface area contributed by atoms with E-state index in [1.54, 1.807) is 17.5 Å². The van der Waals surface area contributed by atoms with E-state index in [-0.39, 0.29) is 19.2 Å². The highest BCUT2D eigenvalue weighted by Crippen LogP contribution is 2.21. The van der Waals surface area contributed by atoms with Gasteiger partial charge in [0.2, 0.25) is 0 Å². The van der Waals surface area contributed by atoms with Crippen molar-refractivity contribution in [3.8, 4) is 0 Å². The van der Waals surface area contributed by atoms with Crippen molar-refractivity contribution in [2.45, 2.75) is 23.1 Å². The van der Waals surface area contributed by atoms with E-state index in [2.05, 4.69) is 5.32 Å². The molecule has 2 rings (SSSR count). The lowest BCUT2D eigenvalue weighted by atomic mass is 10.2. The maximum atomic E-state index is 12.4.